The van der Waals surface area contributed by atoms with Gasteiger partial charge in [-0.2, -0.15) is 4.98 Å². The molecule has 29 heavy (non-hydrogen) atoms. The number of carbonyl (C=O) groups is 1. The molecule has 1 saturated heterocycles. The van der Waals surface area contributed by atoms with Gasteiger partial charge in [0, 0.05) is 44.0 Å². The third-order valence-corrected chi connectivity index (χ3v) is 5.82. The van der Waals surface area contributed by atoms with E-state index in [2.05, 4.69) is 51.0 Å². The zero-order chi connectivity index (χ0) is 20.4. The van der Waals surface area contributed by atoms with E-state index >= 15 is 0 Å². The van der Waals surface area contributed by atoms with Crippen LogP contribution >= 0.6 is 0 Å². The predicted molar refractivity (Wildman–Crippen MR) is 115 cm³/mol. The minimum absolute atomic E-state index is 0.110. The number of nitrogens with one attached hydrogen (secondary N) is 1. The van der Waals surface area contributed by atoms with Crippen LogP contribution in [0.3, 0.4) is 0 Å². The highest BCUT2D eigenvalue weighted by atomic mass is 16.2. The van der Waals surface area contributed by atoms with Crippen LogP contribution in [0.25, 0.3) is 0 Å². The molecule has 1 fully saturated rings. The van der Waals surface area contributed by atoms with Crippen LogP contribution in [0.4, 0.5) is 23.3 Å². The lowest BCUT2D eigenvalue weighted by Gasteiger charge is -2.33. The Morgan fingerprint density at radius 2 is 1.83 bits per heavy atom. The zero-order valence-corrected chi connectivity index (χ0v) is 17.4. The molecule has 0 aromatic carbocycles. The van der Waals surface area contributed by atoms with Gasteiger partial charge in [-0.15, -0.1) is 0 Å². The molecule has 1 amide bonds. The standard InChI is InChI=1S/C21H29N7O/c1-4-17(5-2)28-19(29)12-15-13-23-21(25-20(15)28)24-16-6-7-18(22-14-16)27-10-8-26(3)9-11-27/h6-7,13-14,17H,4-5,8-12H2,1-3H3,(H,23,24,25). The summed E-state index contributed by atoms with van der Waals surface area (Å²) in [5, 5.41) is 3.23. The third-order valence-electron chi connectivity index (χ3n) is 5.82. The molecule has 4 rings (SSSR count). The average Bonchev–Trinajstić information content (AvgIpc) is 3.06. The highest BCUT2D eigenvalue weighted by Gasteiger charge is 2.33. The normalized spacial score (nSPS) is 17.2. The lowest BCUT2D eigenvalue weighted by atomic mass is 10.1. The largest absolute Gasteiger partial charge is 0.354 e. The van der Waals surface area contributed by atoms with Gasteiger partial charge in [-0.1, -0.05) is 13.8 Å². The summed E-state index contributed by atoms with van der Waals surface area (Å²) in [6, 6.07) is 4.21. The zero-order valence-electron chi connectivity index (χ0n) is 17.4. The van der Waals surface area contributed by atoms with Gasteiger partial charge in [0.2, 0.25) is 11.9 Å². The Kier molecular flexibility index (Phi) is 5.62. The quantitative estimate of drug-likeness (QED) is 0.805. The molecule has 2 aliphatic rings. The Labute approximate surface area is 172 Å². The number of rotatable bonds is 6. The van der Waals surface area contributed by atoms with Crippen LogP contribution in [0, 0.1) is 0 Å². The van der Waals surface area contributed by atoms with Crippen LogP contribution in [-0.4, -0.2) is 65.0 Å². The average molecular weight is 396 g/mol. The van der Waals surface area contributed by atoms with Crippen molar-refractivity contribution in [1.82, 2.24) is 19.9 Å². The maximum absolute atomic E-state index is 12.5. The molecule has 8 nitrogen and oxygen atoms in total. The van der Waals surface area contributed by atoms with E-state index in [-0.39, 0.29) is 11.9 Å². The lowest BCUT2D eigenvalue weighted by Crippen LogP contribution is -2.44. The summed E-state index contributed by atoms with van der Waals surface area (Å²) in [5.74, 6) is 2.33. The first-order valence-corrected chi connectivity index (χ1v) is 10.4. The number of amides is 1. The van der Waals surface area contributed by atoms with Crippen molar-refractivity contribution in [1.29, 1.82) is 0 Å². The molecule has 154 valence electrons. The van der Waals surface area contributed by atoms with Crippen molar-refractivity contribution in [2.45, 2.75) is 39.2 Å². The maximum atomic E-state index is 12.5. The second-order valence-electron chi connectivity index (χ2n) is 7.77. The summed E-state index contributed by atoms with van der Waals surface area (Å²) in [7, 11) is 2.15. The number of fused-ring (bicyclic) bond motifs is 1. The van der Waals surface area contributed by atoms with Crippen molar-refractivity contribution < 1.29 is 4.79 Å². The Morgan fingerprint density at radius 1 is 1.07 bits per heavy atom. The second-order valence-corrected chi connectivity index (χ2v) is 7.77. The van der Waals surface area contributed by atoms with E-state index in [0.29, 0.717) is 12.4 Å². The summed E-state index contributed by atoms with van der Waals surface area (Å²) in [4.78, 5) is 32.6. The van der Waals surface area contributed by atoms with E-state index in [1.165, 1.54) is 0 Å². The van der Waals surface area contributed by atoms with Crippen molar-refractivity contribution in [3.8, 4) is 0 Å². The molecule has 8 heteroatoms. The molecule has 2 aromatic rings. The minimum atomic E-state index is 0.110. The molecule has 2 aliphatic heterocycles. The molecule has 0 spiro atoms. The molecule has 0 bridgehead atoms. The first kappa shape index (κ1) is 19.6. The van der Waals surface area contributed by atoms with Crippen LogP contribution < -0.4 is 15.1 Å². The van der Waals surface area contributed by atoms with Gasteiger partial charge in [-0.3, -0.25) is 9.69 Å². The van der Waals surface area contributed by atoms with Crippen molar-refractivity contribution >= 4 is 29.2 Å². The van der Waals surface area contributed by atoms with Crippen LogP contribution in [0.2, 0.25) is 0 Å². The number of nitrogens with zero attached hydrogens (tertiary/aromatic N) is 6. The highest BCUT2D eigenvalue weighted by Crippen LogP contribution is 2.31. The summed E-state index contributed by atoms with van der Waals surface area (Å²) in [6.07, 6.45) is 5.77. The topological polar surface area (TPSA) is 77.5 Å². The SMILES string of the molecule is CCC(CC)N1C(=O)Cc2cnc(Nc3ccc(N4CCN(C)CC4)nc3)nc21. The van der Waals surface area contributed by atoms with Gasteiger partial charge in [0.25, 0.3) is 0 Å². The number of hydrogen-bond donors (Lipinski definition) is 1. The highest BCUT2D eigenvalue weighted by molar-refractivity contribution is 6.00. The van der Waals surface area contributed by atoms with E-state index in [9.17, 15) is 4.79 Å². The first-order valence-electron chi connectivity index (χ1n) is 10.4. The number of likely N-dealkylation sites (N-methyl/N-ethyl adjacent to an activating group) is 1. The second kappa shape index (κ2) is 8.32. The first-order chi connectivity index (χ1) is 14.1. The van der Waals surface area contributed by atoms with E-state index in [0.717, 1.165) is 61.9 Å². The molecule has 0 aliphatic carbocycles. The van der Waals surface area contributed by atoms with Crippen LogP contribution in [-0.2, 0) is 11.2 Å². The Hall–Kier alpha value is -2.74. The van der Waals surface area contributed by atoms with Gasteiger partial charge >= 0.3 is 0 Å². The molecule has 0 unspecified atom stereocenters. The van der Waals surface area contributed by atoms with Crippen molar-refractivity contribution in [3.63, 3.8) is 0 Å². The van der Waals surface area contributed by atoms with E-state index in [1.54, 1.807) is 6.20 Å². The predicted octanol–water partition coefficient (Wildman–Crippen LogP) is 2.44. The Balaban J connectivity index is 1.48. The maximum Gasteiger partial charge on any atom is 0.233 e. The molecule has 0 saturated carbocycles. The van der Waals surface area contributed by atoms with Gasteiger partial charge in [-0.05, 0) is 32.0 Å². The molecular formula is C21H29N7O. The van der Waals surface area contributed by atoms with Gasteiger partial charge in [0.15, 0.2) is 0 Å². The molecule has 0 radical (unpaired) electrons. The fourth-order valence-electron chi connectivity index (χ4n) is 4.00. The van der Waals surface area contributed by atoms with Gasteiger partial charge in [0.1, 0.15) is 11.6 Å². The Morgan fingerprint density at radius 3 is 2.48 bits per heavy atom. The van der Waals surface area contributed by atoms with Crippen molar-refractivity contribution in [3.05, 3.63) is 30.1 Å². The number of carbonyl (C=O) groups excluding carboxylic acids is 1. The van der Waals surface area contributed by atoms with Crippen molar-refractivity contribution in [2.75, 3.05) is 48.3 Å². The number of aromatic nitrogens is 3. The molecular weight excluding hydrogens is 366 g/mol. The van der Waals surface area contributed by atoms with Crippen LogP contribution in [0.15, 0.2) is 24.5 Å². The Bertz CT molecular complexity index is 858. The summed E-state index contributed by atoms with van der Waals surface area (Å²) < 4.78 is 0. The summed E-state index contributed by atoms with van der Waals surface area (Å²) in [5.41, 5.74) is 1.73. The van der Waals surface area contributed by atoms with Crippen molar-refractivity contribution in [2.24, 2.45) is 0 Å². The smallest absolute Gasteiger partial charge is 0.233 e. The number of hydrogen-bond acceptors (Lipinski definition) is 7. The molecule has 0 atom stereocenters. The third kappa shape index (κ3) is 4.03. The summed E-state index contributed by atoms with van der Waals surface area (Å²) in [6.45, 7) is 8.29. The van der Waals surface area contributed by atoms with Crippen LogP contribution in [0.5, 0.6) is 0 Å². The fraction of sp³-hybridized carbons (Fsp3) is 0.524. The van der Waals surface area contributed by atoms with E-state index in [1.807, 2.05) is 23.2 Å². The minimum Gasteiger partial charge on any atom is -0.354 e. The molecule has 4 heterocycles. The van der Waals surface area contributed by atoms with Crippen LogP contribution in [0.1, 0.15) is 32.3 Å². The summed E-state index contributed by atoms with van der Waals surface area (Å²) >= 11 is 0. The molecule has 1 N–H and O–H groups in total. The fourth-order valence-corrected chi connectivity index (χ4v) is 4.00. The van der Waals surface area contributed by atoms with Gasteiger partial charge < -0.3 is 15.1 Å². The number of piperazine rings is 1. The monoisotopic (exact) mass is 395 g/mol. The molecule has 2 aromatic heterocycles. The van der Waals surface area contributed by atoms with E-state index < -0.39 is 0 Å². The lowest BCUT2D eigenvalue weighted by molar-refractivity contribution is -0.117. The van der Waals surface area contributed by atoms with Gasteiger partial charge in [0.05, 0.1) is 18.3 Å². The van der Waals surface area contributed by atoms with Gasteiger partial charge in [-0.25, -0.2) is 9.97 Å². The number of anilines is 4. The van der Waals surface area contributed by atoms with E-state index in [4.69, 9.17) is 0 Å². The number of pyridine rings is 1.